The molecule has 0 aliphatic carbocycles. The van der Waals surface area contributed by atoms with Gasteiger partial charge < -0.3 is 5.32 Å². The van der Waals surface area contributed by atoms with Crippen molar-refractivity contribution in [2.75, 3.05) is 5.32 Å². The van der Waals surface area contributed by atoms with Crippen LogP contribution in [0.25, 0.3) is 0 Å². The normalized spacial score (nSPS) is 10.6. The van der Waals surface area contributed by atoms with Crippen LogP contribution in [0, 0.1) is 20.8 Å². The third-order valence-electron chi connectivity index (χ3n) is 3.62. The van der Waals surface area contributed by atoms with Crippen LogP contribution in [0.1, 0.15) is 44.6 Å². The molecule has 1 aromatic carbocycles. The number of benzene rings is 1. The number of thiophene rings is 1. The van der Waals surface area contributed by atoms with Crippen molar-refractivity contribution < 1.29 is 4.79 Å². The van der Waals surface area contributed by atoms with Crippen molar-refractivity contribution in [1.29, 1.82) is 0 Å². The van der Waals surface area contributed by atoms with Gasteiger partial charge in [0.15, 0.2) is 0 Å². The summed E-state index contributed by atoms with van der Waals surface area (Å²) < 4.78 is 0. The number of carbonyl (C=O) groups is 1. The molecule has 1 amide bonds. The van der Waals surface area contributed by atoms with Crippen LogP contribution in [-0.2, 0) is 6.42 Å². The Morgan fingerprint density at radius 2 is 2.00 bits per heavy atom. The second kappa shape index (κ2) is 6.23. The van der Waals surface area contributed by atoms with Gasteiger partial charge in [0.1, 0.15) is 0 Å². The molecular formula is C17H21NOS. The van der Waals surface area contributed by atoms with Gasteiger partial charge in [-0.15, -0.1) is 11.3 Å². The van der Waals surface area contributed by atoms with Crippen LogP contribution in [-0.4, -0.2) is 5.91 Å². The Labute approximate surface area is 124 Å². The molecule has 106 valence electrons. The van der Waals surface area contributed by atoms with Crippen LogP contribution in [0.15, 0.2) is 24.3 Å². The summed E-state index contributed by atoms with van der Waals surface area (Å²) in [6.07, 6.45) is 2.15. The standard InChI is InChI=1S/C17H21NOS/c1-5-7-14-10-16(20-13(14)4)17(19)18-15-9-6-8-11(2)12(15)3/h6,8-10H,5,7H2,1-4H3,(H,18,19). The van der Waals surface area contributed by atoms with Gasteiger partial charge in [0.2, 0.25) is 0 Å². The molecule has 2 aromatic rings. The number of aryl methyl sites for hydroxylation is 3. The average Bonchev–Trinajstić information content (AvgIpc) is 2.77. The summed E-state index contributed by atoms with van der Waals surface area (Å²) in [4.78, 5) is 14.4. The molecule has 0 fully saturated rings. The van der Waals surface area contributed by atoms with E-state index in [1.807, 2.05) is 25.1 Å². The fraction of sp³-hybridized carbons (Fsp3) is 0.353. The molecule has 1 heterocycles. The minimum absolute atomic E-state index is 0.00541. The molecule has 0 bridgehead atoms. The molecule has 0 saturated heterocycles. The number of carbonyl (C=O) groups excluding carboxylic acids is 1. The Morgan fingerprint density at radius 3 is 2.70 bits per heavy atom. The molecule has 2 rings (SSSR count). The monoisotopic (exact) mass is 287 g/mol. The predicted octanol–water partition coefficient (Wildman–Crippen LogP) is 4.88. The largest absolute Gasteiger partial charge is 0.321 e. The number of anilines is 1. The van der Waals surface area contributed by atoms with Crippen LogP contribution < -0.4 is 5.32 Å². The molecule has 20 heavy (non-hydrogen) atoms. The van der Waals surface area contributed by atoms with Gasteiger partial charge in [-0.05, 0) is 56.0 Å². The Bertz CT molecular complexity index is 628. The van der Waals surface area contributed by atoms with Gasteiger partial charge in [-0.25, -0.2) is 0 Å². The van der Waals surface area contributed by atoms with Crippen LogP contribution in [0.5, 0.6) is 0 Å². The predicted molar refractivity (Wildman–Crippen MR) is 86.9 cm³/mol. The maximum absolute atomic E-state index is 12.3. The molecule has 2 nitrogen and oxygen atoms in total. The maximum Gasteiger partial charge on any atom is 0.265 e. The highest BCUT2D eigenvalue weighted by atomic mass is 32.1. The van der Waals surface area contributed by atoms with E-state index in [2.05, 4.69) is 32.2 Å². The van der Waals surface area contributed by atoms with Crippen molar-refractivity contribution in [3.63, 3.8) is 0 Å². The fourth-order valence-corrected chi connectivity index (χ4v) is 3.19. The third-order valence-corrected chi connectivity index (χ3v) is 4.71. The highest BCUT2D eigenvalue weighted by Crippen LogP contribution is 2.25. The second-order valence-corrected chi connectivity index (χ2v) is 6.40. The molecule has 0 aliphatic heterocycles. The van der Waals surface area contributed by atoms with E-state index in [4.69, 9.17) is 0 Å². The van der Waals surface area contributed by atoms with E-state index >= 15 is 0 Å². The van der Waals surface area contributed by atoms with Gasteiger partial charge in [-0.3, -0.25) is 4.79 Å². The molecule has 0 radical (unpaired) electrons. The van der Waals surface area contributed by atoms with Gasteiger partial charge in [0.05, 0.1) is 4.88 Å². The van der Waals surface area contributed by atoms with E-state index in [1.165, 1.54) is 16.0 Å². The molecule has 3 heteroatoms. The summed E-state index contributed by atoms with van der Waals surface area (Å²) in [6.45, 7) is 8.34. The van der Waals surface area contributed by atoms with Gasteiger partial charge in [0, 0.05) is 10.6 Å². The number of hydrogen-bond acceptors (Lipinski definition) is 2. The lowest BCUT2D eigenvalue weighted by atomic mass is 10.1. The van der Waals surface area contributed by atoms with Gasteiger partial charge in [-0.2, -0.15) is 0 Å². The molecule has 0 aliphatic rings. The zero-order valence-corrected chi connectivity index (χ0v) is 13.4. The van der Waals surface area contributed by atoms with Crippen LogP contribution in [0.4, 0.5) is 5.69 Å². The molecule has 1 aromatic heterocycles. The van der Waals surface area contributed by atoms with E-state index in [0.717, 1.165) is 29.0 Å². The summed E-state index contributed by atoms with van der Waals surface area (Å²) in [5.41, 5.74) is 4.52. The summed E-state index contributed by atoms with van der Waals surface area (Å²) >= 11 is 1.58. The quantitative estimate of drug-likeness (QED) is 0.853. The summed E-state index contributed by atoms with van der Waals surface area (Å²) in [7, 11) is 0. The maximum atomic E-state index is 12.3. The molecule has 1 N–H and O–H groups in total. The van der Waals surface area contributed by atoms with E-state index in [1.54, 1.807) is 11.3 Å². The van der Waals surface area contributed by atoms with Crippen molar-refractivity contribution in [3.05, 3.63) is 50.7 Å². The fourth-order valence-electron chi connectivity index (χ4n) is 2.22. The SMILES string of the molecule is CCCc1cc(C(=O)Nc2cccc(C)c2C)sc1C. The van der Waals surface area contributed by atoms with E-state index in [-0.39, 0.29) is 5.91 Å². The van der Waals surface area contributed by atoms with E-state index in [9.17, 15) is 4.79 Å². The minimum Gasteiger partial charge on any atom is -0.321 e. The lowest BCUT2D eigenvalue weighted by Crippen LogP contribution is -2.11. The highest BCUT2D eigenvalue weighted by molar-refractivity contribution is 7.14. The first-order valence-electron chi connectivity index (χ1n) is 6.99. The zero-order chi connectivity index (χ0) is 14.7. The van der Waals surface area contributed by atoms with Gasteiger partial charge in [-0.1, -0.05) is 25.5 Å². The molecule has 0 saturated carbocycles. The van der Waals surface area contributed by atoms with Crippen molar-refractivity contribution in [1.82, 2.24) is 0 Å². The Kier molecular flexibility index (Phi) is 4.61. The Hall–Kier alpha value is -1.61. The van der Waals surface area contributed by atoms with Crippen molar-refractivity contribution in [2.24, 2.45) is 0 Å². The topological polar surface area (TPSA) is 29.1 Å². The summed E-state index contributed by atoms with van der Waals surface area (Å²) in [6, 6.07) is 8.01. The Balaban J connectivity index is 2.20. The number of nitrogens with one attached hydrogen (secondary N) is 1. The molecule has 0 atom stereocenters. The molecular weight excluding hydrogens is 266 g/mol. The highest BCUT2D eigenvalue weighted by Gasteiger charge is 2.13. The number of rotatable bonds is 4. The van der Waals surface area contributed by atoms with Crippen molar-refractivity contribution in [3.8, 4) is 0 Å². The zero-order valence-electron chi connectivity index (χ0n) is 12.5. The number of hydrogen-bond donors (Lipinski definition) is 1. The first-order valence-corrected chi connectivity index (χ1v) is 7.81. The summed E-state index contributed by atoms with van der Waals surface area (Å²) in [5.74, 6) is -0.00541. The third kappa shape index (κ3) is 3.10. The lowest BCUT2D eigenvalue weighted by molar-refractivity contribution is 0.103. The first kappa shape index (κ1) is 14.8. The summed E-state index contributed by atoms with van der Waals surface area (Å²) in [5, 5.41) is 3.02. The molecule has 0 unspecified atom stereocenters. The van der Waals surface area contributed by atoms with Crippen molar-refractivity contribution >= 4 is 22.9 Å². The Morgan fingerprint density at radius 1 is 1.25 bits per heavy atom. The first-order chi connectivity index (χ1) is 9.52. The molecule has 0 spiro atoms. The number of amides is 1. The second-order valence-electron chi connectivity index (χ2n) is 5.14. The van der Waals surface area contributed by atoms with Crippen LogP contribution in [0.3, 0.4) is 0 Å². The van der Waals surface area contributed by atoms with Crippen molar-refractivity contribution in [2.45, 2.75) is 40.5 Å². The lowest BCUT2D eigenvalue weighted by Gasteiger charge is -2.09. The van der Waals surface area contributed by atoms with Crippen LogP contribution in [0.2, 0.25) is 0 Å². The van der Waals surface area contributed by atoms with Gasteiger partial charge >= 0.3 is 0 Å². The van der Waals surface area contributed by atoms with Gasteiger partial charge in [0.25, 0.3) is 5.91 Å². The van der Waals surface area contributed by atoms with E-state index < -0.39 is 0 Å². The smallest absolute Gasteiger partial charge is 0.265 e. The minimum atomic E-state index is -0.00541. The average molecular weight is 287 g/mol. The van der Waals surface area contributed by atoms with Crippen LogP contribution >= 0.6 is 11.3 Å². The van der Waals surface area contributed by atoms with E-state index in [0.29, 0.717) is 0 Å².